The number of anilines is 2. The molecule has 6 nitrogen and oxygen atoms in total. The maximum absolute atomic E-state index is 13.1. The Kier molecular flexibility index (Phi) is 3.38. The molecule has 4 rings (SSSR count). The zero-order chi connectivity index (χ0) is 17.7. The number of carbonyl (C=O) groups is 2. The van der Waals surface area contributed by atoms with Gasteiger partial charge in [0, 0.05) is 0 Å². The third kappa shape index (κ3) is 2.39. The van der Waals surface area contributed by atoms with Crippen molar-refractivity contribution in [1.29, 1.82) is 0 Å². The van der Waals surface area contributed by atoms with E-state index >= 15 is 0 Å². The van der Waals surface area contributed by atoms with Gasteiger partial charge >= 0.3 is 0 Å². The molecule has 1 saturated heterocycles. The summed E-state index contributed by atoms with van der Waals surface area (Å²) in [5.41, 5.74) is 3.11. The Labute approximate surface area is 143 Å². The number of amides is 2. The van der Waals surface area contributed by atoms with Crippen molar-refractivity contribution in [1.82, 2.24) is 0 Å². The Morgan fingerprint density at radius 1 is 0.920 bits per heavy atom. The average Bonchev–Trinajstić information content (AvgIpc) is 3.09. The van der Waals surface area contributed by atoms with Crippen LogP contribution in [0.1, 0.15) is 11.1 Å². The van der Waals surface area contributed by atoms with E-state index in [0.29, 0.717) is 5.69 Å². The van der Waals surface area contributed by atoms with Gasteiger partial charge in [-0.15, -0.1) is 0 Å². The first kappa shape index (κ1) is 15.4. The Balaban J connectivity index is 1.71. The van der Waals surface area contributed by atoms with Gasteiger partial charge in [0.05, 0.1) is 11.4 Å². The second-order valence-electron chi connectivity index (χ2n) is 6.27. The van der Waals surface area contributed by atoms with E-state index in [1.165, 1.54) is 29.3 Å². The van der Waals surface area contributed by atoms with Crippen LogP contribution in [0.25, 0.3) is 0 Å². The topological polar surface area (TPSA) is 65.3 Å². The number of carbonyl (C=O) groups excluding carboxylic acids is 2. The monoisotopic (exact) mass is 338 g/mol. The SMILES string of the molecule is Cc1cc(C)cc(N2N=NC3C(=O)N(c4ccc(F)cc4)C(=O)C32)c1. The molecule has 7 heteroatoms. The molecule has 1 fully saturated rings. The van der Waals surface area contributed by atoms with E-state index in [1.807, 2.05) is 32.0 Å². The summed E-state index contributed by atoms with van der Waals surface area (Å²) in [6.07, 6.45) is 0. The van der Waals surface area contributed by atoms with Crippen LogP contribution < -0.4 is 9.91 Å². The van der Waals surface area contributed by atoms with Gasteiger partial charge in [-0.05, 0) is 61.4 Å². The molecule has 2 aliphatic rings. The highest BCUT2D eigenvalue weighted by atomic mass is 19.1. The van der Waals surface area contributed by atoms with Gasteiger partial charge < -0.3 is 0 Å². The summed E-state index contributed by atoms with van der Waals surface area (Å²) in [7, 11) is 0. The molecular formula is C18H15FN4O2. The highest BCUT2D eigenvalue weighted by Gasteiger charge is 2.55. The summed E-state index contributed by atoms with van der Waals surface area (Å²) < 4.78 is 13.1. The standard InChI is InChI=1S/C18H15FN4O2/c1-10-7-11(2)9-14(8-10)23-16-15(20-21-23)17(24)22(18(16)25)13-5-3-12(19)4-6-13/h3-9,15-16H,1-2H3. The minimum atomic E-state index is -0.877. The zero-order valence-corrected chi connectivity index (χ0v) is 13.7. The third-order valence-electron chi connectivity index (χ3n) is 4.34. The summed E-state index contributed by atoms with van der Waals surface area (Å²) in [5.74, 6) is -1.29. The lowest BCUT2D eigenvalue weighted by molar-refractivity contribution is -0.121. The fraction of sp³-hybridized carbons (Fsp3) is 0.222. The van der Waals surface area contributed by atoms with E-state index in [1.54, 1.807) is 0 Å². The predicted molar refractivity (Wildman–Crippen MR) is 89.7 cm³/mol. The predicted octanol–water partition coefficient (Wildman–Crippen LogP) is 2.94. The van der Waals surface area contributed by atoms with Crippen molar-refractivity contribution in [3.8, 4) is 0 Å². The van der Waals surface area contributed by atoms with Gasteiger partial charge in [-0.3, -0.25) is 9.59 Å². The third-order valence-corrected chi connectivity index (χ3v) is 4.34. The lowest BCUT2D eigenvalue weighted by atomic mass is 10.1. The summed E-state index contributed by atoms with van der Waals surface area (Å²) in [4.78, 5) is 26.6. The lowest BCUT2D eigenvalue weighted by Gasteiger charge is -2.21. The van der Waals surface area contributed by atoms with Gasteiger partial charge in [-0.1, -0.05) is 11.3 Å². The van der Waals surface area contributed by atoms with Crippen molar-refractivity contribution in [2.75, 3.05) is 9.91 Å². The van der Waals surface area contributed by atoms with E-state index in [-0.39, 0.29) is 0 Å². The number of hydrogen-bond acceptors (Lipinski definition) is 5. The molecule has 2 heterocycles. The van der Waals surface area contributed by atoms with Crippen molar-refractivity contribution in [2.45, 2.75) is 25.9 Å². The number of fused-ring (bicyclic) bond motifs is 1. The van der Waals surface area contributed by atoms with Crippen LogP contribution in [-0.4, -0.2) is 23.9 Å². The molecule has 0 radical (unpaired) electrons. The van der Waals surface area contributed by atoms with Gasteiger partial charge in [0.2, 0.25) is 0 Å². The first-order valence-electron chi connectivity index (χ1n) is 7.87. The molecular weight excluding hydrogens is 323 g/mol. The smallest absolute Gasteiger partial charge is 0.263 e. The Bertz CT molecular complexity index is 890. The molecule has 2 aliphatic heterocycles. The molecule has 0 bridgehead atoms. The first-order chi connectivity index (χ1) is 12.0. The highest BCUT2D eigenvalue weighted by molar-refractivity contribution is 6.26. The van der Waals surface area contributed by atoms with Gasteiger partial charge in [-0.2, -0.15) is 5.11 Å². The largest absolute Gasteiger partial charge is 0.271 e. The number of halogens is 1. The Morgan fingerprint density at radius 2 is 1.56 bits per heavy atom. The van der Waals surface area contributed by atoms with Crippen LogP contribution in [0.15, 0.2) is 52.8 Å². The molecule has 0 aromatic heterocycles. The van der Waals surface area contributed by atoms with Crippen molar-refractivity contribution in [3.63, 3.8) is 0 Å². The zero-order valence-electron chi connectivity index (χ0n) is 13.7. The van der Waals surface area contributed by atoms with Crippen LogP contribution in [0.4, 0.5) is 15.8 Å². The van der Waals surface area contributed by atoms with Crippen LogP contribution in [-0.2, 0) is 9.59 Å². The molecule has 126 valence electrons. The van der Waals surface area contributed by atoms with Crippen molar-refractivity contribution < 1.29 is 14.0 Å². The molecule has 0 saturated carbocycles. The van der Waals surface area contributed by atoms with Crippen LogP contribution in [0.5, 0.6) is 0 Å². The molecule has 0 spiro atoms. The van der Waals surface area contributed by atoms with Crippen LogP contribution in [0, 0.1) is 19.7 Å². The van der Waals surface area contributed by atoms with E-state index < -0.39 is 29.7 Å². The summed E-state index contributed by atoms with van der Waals surface area (Å²) in [5, 5.41) is 9.54. The molecule has 0 aliphatic carbocycles. The molecule has 2 aromatic carbocycles. The summed E-state index contributed by atoms with van der Waals surface area (Å²) in [6.45, 7) is 3.90. The number of hydrogen-bond donors (Lipinski definition) is 0. The normalized spacial score (nSPS) is 22.0. The van der Waals surface area contributed by atoms with E-state index in [4.69, 9.17) is 0 Å². The number of imide groups is 1. The fourth-order valence-corrected chi connectivity index (χ4v) is 3.30. The molecule has 2 unspecified atom stereocenters. The van der Waals surface area contributed by atoms with E-state index in [0.717, 1.165) is 21.7 Å². The van der Waals surface area contributed by atoms with Gasteiger partial charge in [-0.25, -0.2) is 14.3 Å². The number of benzene rings is 2. The lowest BCUT2D eigenvalue weighted by Crippen LogP contribution is -2.40. The minimum absolute atomic E-state index is 0.335. The van der Waals surface area contributed by atoms with Crippen LogP contribution >= 0.6 is 0 Å². The molecule has 2 aromatic rings. The molecule has 0 N–H and O–H groups in total. The summed E-state index contributed by atoms with van der Waals surface area (Å²) in [6, 6.07) is 9.37. The summed E-state index contributed by atoms with van der Waals surface area (Å²) >= 11 is 0. The Morgan fingerprint density at radius 3 is 2.20 bits per heavy atom. The number of aryl methyl sites for hydroxylation is 2. The second-order valence-corrected chi connectivity index (χ2v) is 6.27. The molecule has 2 atom stereocenters. The van der Waals surface area contributed by atoms with Gasteiger partial charge in [0.15, 0.2) is 12.1 Å². The van der Waals surface area contributed by atoms with Crippen molar-refractivity contribution in [2.24, 2.45) is 10.3 Å². The molecule has 2 amide bonds. The van der Waals surface area contributed by atoms with Crippen molar-refractivity contribution in [3.05, 3.63) is 59.4 Å². The van der Waals surface area contributed by atoms with Gasteiger partial charge in [0.1, 0.15) is 5.82 Å². The van der Waals surface area contributed by atoms with Crippen LogP contribution in [0.2, 0.25) is 0 Å². The second kappa shape index (κ2) is 5.47. The maximum atomic E-state index is 13.1. The number of nitrogens with zero attached hydrogens (tertiary/aromatic N) is 4. The van der Waals surface area contributed by atoms with Crippen molar-refractivity contribution >= 4 is 23.2 Å². The van der Waals surface area contributed by atoms with Gasteiger partial charge in [0.25, 0.3) is 11.8 Å². The quantitative estimate of drug-likeness (QED) is 0.791. The van der Waals surface area contributed by atoms with E-state index in [9.17, 15) is 14.0 Å². The molecule has 25 heavy (non-hydrogen) atoms. The highest BCUT2D eigenvalue weighted by Crippen LogP contribution is 2.35. The average molecular weight is 338 g/mol. The minimum Gasteiger partial charge on any atom is -0.271 e. The van der Waals surface area contributed by atoms with Crippen LogP contribution in [0.3, 0.4) is 0 Å². The van der Waals surface area contributed by atoms with E-state index in [2.05, 4.69) is 10.3 Å². The Hall–Kier alpha value is -3.09. The number of rotatable bonds is 2. The fourth-order valence-electron chi connectivity index (χ4n) is 3.30. The maximum Gasteiger partial charge on any atom is 0.263 e. The first-order valence-corrected chi connectivity index (χ1v) is 7.87.